The summed E-state index contributed by atoms with van der Waals surface area (Å²) < 4.78 is 7.60. The van der Waals surface area contributed by atoms with Crippen LogP contribution in [0.1, 0.15) is 47.2 Å². The Kier molecular flexibility index (Phi) is 6.80. The van der Waals surface area contributed by atoms with Gasteiger partial charge in [0.1, 0.15) is 12.4 Å². The van der Waals surface area contributed by atoms with Crippen molar-refractivity contribution in [2.45, 2.75) is 40.0 Å². The molecule has 0 radical (unpaired) electrons. The number of hydrogen-bond acceptors (Lipinski definition) is 6. The molecule has 4 rings (SSSR count). The first-order valence-corrected chi connectivity index (χ1v) is 11.1. The second kappa shape index (κ2) is 9.91. The Morgan fingerprint density at radius 3 is 2.59 bits per heavy atom. The summed E-state index contributed by atoms with van der Waals surface area (Å²) in [5, 5.41) is 11.7. The average Bonchev–Trinajstić information content (AvgIpc) is 3.27. The minimum absolute atomic E-state index is 0.0395. The first-order valence-electron chi connectivity index (χ1n) is 11.1. The number of hydrogen-bond donors (Lipinski definition) is 0. The average molecular weight is 435 g/mol. The summed E-state index contributed by atoms with van der Waals surface area (Å²) in [5.41, 5.74) is 3.23. The van der Waals surface area contributed by atoms with Crippen molar-refractivity contribution in [2.75, 3.05) is 26.2 Å². The molecule has 2 heterocycles. The molecule has 2 aromatic carbocycles. The molecule has 32 heavy (non-hydrogen) atoms. The number of piperazine rings is 1. The van der Waals surface area contributed by atoms with E-state index in [1.165, 1.54) is 11.1 Å². The van der Waals surface area contributed by atoms with Crippen molar-refractivity contribution in [3.63, 3.8) is 0 Å². The molecule has 3 aromatic rings. The Morgan fingerprint density at radius 1 is 1.06 bits per heavy atom. The van der Waals surface area contributed by atoms with Gasteiger partial charge in [0.25, 0.3) is 5.91 Å². The van der Waals surface area contributed by atoms with Gasteiger partial charge in [0.2, 0.25) is 0 Å². The van der Waals surface area contributed by atoms with E-state index in [0.717, 1.165) is 32.7 Å². The molecular weight excluding hydrogens is 404 g/mol. The van der Waals surface area contributed by atoms with Crippen LogP contribution in [0.15, 0.2) is 48.5 Å². The Balaban J connectivity index is 1.32. The van der Waals surface area contributed by atoms with E-state index in [2.05, 4.69) is 51.6 Å². The Hall–Kier alpha value is -3.26. The van der Waals surface area contributed by atoms with Gasteiger partial charge < -0.3 is 9.64 Å². The number of aromatic nitrogens is 4. The van der Waals surface area contributed by atoms with Crippen LogP contribution in [0.5, 0.6) is 5.75 Å². The molecule has 1 aliphatic heterocycles. The van der Waals surface area contributed by atoms with Gasteiger partial charge in [0.05, 0.1) is 6.04 Å². The first kappa shape index (κ1) is 22.0. The minimum atomic E-state index is 0.0395. The van der Waals surface area contributed by atoms with Crippen LogP contribution in [0.4, 0.5) is 0 Å². The molecule has 0 spiro atoms. The van der Waals surface area contributed by atoms with E-state index in [1.807, 2.05) is 36.9 Å². The highest BCUT2D eigenvalue weighted by Gasteiger charge is 2.22. The maximum atomic E-state index is 13.1. The molecule has 1 fully saturated rings. The molecule has 0 atom stereocenters. The van der Waals surface area contributed by atoms with Crippen LogP contribution in [0, 0.1) is 6.92 Å². The highest BCUT2D eigenvalue weighted by atomic mass is 16.5. The van der Waals surface area contributed by atoms with Gasteiger partial charge in [-0.05, 0) is 55.0 Å². The predicted molar refractivity (Wildman–Crippen MR) is 121 cm³/mol. The molecular formula is C24H30N6O2. The summed E-state index contributed by atoms with van der Waals surface area (Å²) in [4.78, 5) is 17.4. The fourth-order valence-corrected chi connectivity index (χ4v) is 3.94. The van der Waals surface area contributed by atoms with Gasteiger partial charge >= 0.3 is 0 Å². The highest BCUT2D eigenvalue weighted by Crippen LogP contribution is 2.18. The third-order valence-corrected chi connectivity index (χ3v) is 5.65. The van der Waals surface area contributed by atoms with Crippen molar-refractivity contribution in [1.29, 1.82) is 0 Å². The lowest BCUT2D eigenvalue weighted by Gasteiger charge is -2.35. The van der Waals surface area contributed by atoms with Crippen LogP contribution in [0.3, 0.4) is 0 Å². The van der Waals surface area contributed by atoms with Crippen molar-refractivity contribution in [2.24, 2.45) is 0 Å². The normalized spacial score (nSPS) is 14.7. The molecule has 8 heteroatoms. The van der Waals surface area contributed by atoms with Gasteiger partial charge in [-0.1, -0.05) is 35.9 Å². The van der Waals surface area contributed by atoms with Gasteiger partial charge in [-0.3, -0.25) is 9.69 Å². The lowest BCUT2D eigenvalue weighted by Crippen LogP contribution is -2.48. The van der Waals surface area contributed by atoms with Gasteiger partial charge in [-0.2, -0.15) is 0 Å². The molecule has 0 N–H and O–H groups in total. The standard InChI is InChI=1S/C24H30N6O2/c1-18(2)30-23(25-26-27-30)17-32-22-9-5-8-21(15-22)24(31)29-12-10-28(11-13-29)16-20-7-4-6-19(3)14-20/h4-9,14-15,18H,10-13,16-17H2,1-3H3. The van der Waals surface area contributed by atoms with E-state index in [1.54, 1.807) is 10.7 Å². The van der Waals surface area contributed by atoms with E-state index in [0.29, 0.717) is 17.1 Å². The summed E-state index contributed by atoms with van der Waals surface area (Å²) in [6.07, 6.45) is 0. The van der Waals surface area contributed by atoms with Crippen molar-refractivity contribution in [1.82, 2.24) is 30.0 Å². The molecule has 0 bridgehead atoms. The van der Waals surface area contributed by atoms with Gasteiger partial charge in [-0.15, -0.1) is 5.10 Å². The Morgan fingerprint density at radius 2 is 1.84 bits per heavy atom. The molecule has 0 saturated carbocycles. The molecule has 168 valence electrons. The second-order valence-corrected chi connectivity index (χ2v) is 8.51. The van der Waals surface area contributed by atoms with E-state index in [4.69, 9.17) is 4.74 Å². The molecule has 0 aliphatic carbocycles. The SMILES string of the molecule is Cc1cccc(CN2CCN(C(=O)c3cccc(OCc4nnnn4C(C)C)c3)CC2)c1. The number of nitrogens with zero attached hydrogens (tertiary/aromatic N) is 6. The van der Waals surface area contributed by atoms with Gasteiger partial charge in [0, 0.05) is 38.3 Å². The van der Waals surface area contributed by atoms with Crippen LogP contribution in [-0.4, -0.2) is 62.1 Å². The highest BCUT2D eigenvalue weighted by molar-refractivity contribution is 5.94. The van der Waals surface area contributed by atoms with Crippen LogP contribution >= 0.6 is 0 Å². The van der Waals surface area contributed by atoms with Gasteiger partial charge in [-0.25, -0.2) is 4.68 Å². The van der Waals surface area contributed by atoms with Crippen LogP contribution in [0.2, 0.25) is 0 Å². The number of carbonyl (C=O) groups excluding carboxylic acids is 1. The number of amides is 1. The van der Waals surface area contributed by atoms with Crippen molar-refractivity contribution in [3.8, 4) is 5.75 Å². The summed E-state index contributed by atoms with van der Waals surface area (Å²) >= 11 is 0. The van der Waals surface area contributed by atoms with E-state index < -0.39 is 0 Å². The van der Waals surface area contributed by atoms with Crippen LogP contribution in [0.25, 0.3) is 0 Å². The van der Waals surface area contributed by atoms with Crippen LogP contribution < -0.4 is 4.74 Å². The molecule has 8 nitrogen and oxygen atoms in total. The lowest BCUT2D eigenvalue weighted by molar-refractivity contribution is 0.0628. The first-order chi connectivity index (χ1) is 15.5. The quantitative estimate of drug-likeness (QED) is 0.569. The number of ether oxygens (including phenoxy) is 1. The maximum Gasteiger partial charge on any atom is 0.254 e. The number of rotatable bonds is 7. The van der Waals surface area contributed by atoms with Gasteiger partial charge in [0.15, 0.2) is 5.82 Å². The number of benzene rings is 2. The zero-order chi connectivity index (χ0) is 22.5. The van der Waals surface area contributed by atoms with Crippen LogP contribution in [-0.2, 0) is 13.2 Å². The van der Waals surface area contributed by atoms with E-state index >= 15 is 0 Å². The summed E-state index contributed by atoms with van der Waals surface area (Å²) in [6.45, 7) is 10.5. The molecule has 1 aliphatic rings. The lowest BCUT2D eigenvalue weighted by atomic mass is 10.1. The maximum absolute atomic E-state index is 13.1. The molecule has 1 amide bonds. The van der Waals surface area contributed by atoms with E-state index in [9.17, 15) is 4.79 Å². The zero-order valence-electron chi connectivity index (χ0n) is 18.9. The smallest absolute Gasteiger partial charge is 0.254 e. The van der Waals surface area contributed by atoms with Crippen molar-refractivity contribution < 1.29 is 9.53 Å². The fraction of sp³-hybridized carbons (Fsp3) is 0.417. The number of tetrazole rings is 1. The Bertz CT molecular complexity index is 1060. The fourth-order valence-electron chi connectivity index (χ4n) is 3.94. The predicted octanol–water partition coefficient (Wildman–Crippen LogP) is 3.10. The largest absolute Gasteiger partial charge is 0.486 e. The third-order valence-electron chi connectivity index (χ3n) is 5.65. The minimum Gasteiger partial charge on any atom is -0.486 e. The van der Waals surface area contributed by atoms with Crippen molar-refractivity contribution in [3.05, 3.63) is 71.0 Å². The second-order valence-electron chi connectivity index (χ2n) is 8.51. The summed E-state index contributed by atoms with van der Waals surface area (Å²) in [6, 6.07) is 16.1. The van der Waals surface area contributed by atoms with Crippen molar-refractivity contribution >= 4 is 5.91 Å². The molecule has 1 saturated heterocycles. The molecule has 0 unspecified atom stereocenters. The zero-order valence-corrected chi connectivity index (χ0v) is 18.9. The Labute approximate surface area is 188 Å². The summed E-state index contributed by atoms with van der Waals surface area (Å²) in [5.74, 6) is 1.33. The monoisotopic (exact) mass is 434 g/mol. The summed E-state index contributed by atoms with van der Waals surface area (Å²) in [7, 11) is 0. The third kappa shape index (κ3) is 5.31. The molecule has 1 aromatic heterocycles. The number of aryl methyl sites for hydroxylation is 1. The number of carbonyl (C=O) groups is 1. The van der Waals surface area contributed by atoms with E-state index in [-0.39, 0.29) is 18.6 Å². The topological polar surface area (TPSA) is 76.4 Å².